The molecule has 2 nitrogen and oxygen atoms in total. The summed E-state index contributed by atoms with van der Waals surface area (Å²) in [4.78, 5) is 12.0. The predicted octanol–water partition coefficient (Wildman–Crippen LogP) is 3.64. The molecule has 1 aromatic carbocycles. The van der Waals surface area contributed by atoms with Crippen molar-refractivity contribution in [2.45, 2.75) is 36.6 Å². The first-order chi connectivity index (χ1) is 8.66. The van der Waals surface area contributed by atoms with Gasteiger partial charge in [0.1, 0.15) is 5.60 Å². The Morgan fingerprint density at radius 1 is 1.28 bits per heavy atom. The number of carbonyl (C=O) groups excluding carboxylic acids is 1. The van der Waals surface area contributed by atoms with Crippen LogP contribution in [-0.2, 0) is 15.1 Å². The third-order valence-electron chi connectivity index (χ3n) is 4.44. The van der Waals surface area contributed by atoms with E-state index in [1.807, 2.05) is 18.2 Å². The third kappa shape index (κ3) is 1.56. The number of benzene rings is 1. The minimum absolute atomic E-state index is 0.171. The monoisotopic (exact) mass is 308 g/mol. The Morgan fingerprint density at radius 2 is 1.89 bits per heavy atom. The van der Waals surface area contributed by atoms with E-state index in [2.05, 4.69) is 28.1 Å². The summed E-state index contributed by atoms with van der Waals surface area (Å²) >= 11 is 3.77. The molecule has 0 aromatic heterocycles. The molecular formula is C15H17BrO2. The van der Waals surface area contributed by atoms with Crippen LogP contribution in [0.2, 0.25) is 0 Å². The zero-order chi connectivity index (χ0) is 12.8. The molecule has 0 N–H and O–H groups in total. The lowest BCUT2D eigenvalue weighted by Crippen LogP contribution is -2.65. The van der Waals surface area contributed by atoms with Crippen LogP contribution in [0, 0.1) is 11.8 Å². The number of hydrogen-bond donors (Lipinski definition) is 0. The molecule has 3 heteroatoms. The van der Waals surface area contributed by atoms with Crippen molar-refractivity contribution in [3.63, 3.8) is 0 Å². The first kappa shape index (κ1) is 12.2. The minimum Gasteiger partial charge on any atom is -0.454 e. The van der Waals surface area contributed by atoms with Gasteiger partial charge >= 0.3 is 5.97 Å². The van der Waals surface area contributed by atoms with E-state index in [1.165, 1.54) is 13.3 Å². The van der Waals surface area contributed by atoms with E-state index in [4.69, 9.17) is 4.74 Å². The number of halogens is 1. The van der Waals surface area contributed by atoms with Crippen LogP contribution in [0.15, 0.2) is 30.3 Å². The molecule has 2 fully saturated rings. The summed E-state index contributed by atoms with van der Waals surface area (Å²) in [6.45, 7) is 1.52. The summed E-state index contributed by atoms with van der Waals surface area (Å²) in [5.74, 6) is 0.667. The van der Waals surface area contributed by atoms with Crippen LogP contribution in [0.1, 0.15) is 31.7 Å². The standard InChI is InChI=1S/C15H17BrO2/c1-10(17)18-15(11-6-3-2-4-7-11)12-8-5-9-13(15)14(12)16/h2-4,6-7,12-14H,5,8-9H2,1H3/t12-,13+,14?,15?. The van der Waals surface area contributed by atoms with Gasteiger partial charge in [-0.1, -0.05) is 52.7 Å². The zero-order valence-electron chi connectivity index (χ0n) is 10.4. The van der Waals surface area contributed by atoms with Gasteiger partial charge in [-0.2, -0.15) is 0 Å². The molecule has 18 heavy (non-hydrogen) atoms. The van der Waals surface area contributed by atoms with Crippen LogP contribution in [0.4, 0.5) is 0 Å². The van der Waals surface area contributed by atoms with Gasteiger partial charge in [-0.3, -0.25) is 4.79 Å². The molecule has 0 aliphatic heterocycles. The average molecular weight is 309 g/mol. The summed E-state index contributed by atoms with van der Waals surface area (Å²) in [6, 6.07) is 10.2. The lowest BCUT2D eigenvalue weighted by atomic mass is 9.51. The number of fused-ring (bicyclic) bond motifs is 2. The van der Waals surface area contributed by atoms with Crippen molar-refractivity contribution in [3.05, 3.63) is 35.9 Å². The molecule has 2 unspecified atom stereocenters. The molecule has 0 amide bonds. The Kier molecular flexibility index (Phi) is 2.97. The molecule has 2 bridgehead atoms. The Bertz CT molecular complexity index is 445. The van der Waals surface area contributed by atoms with Gasteiger partial charge in [0.05, 0.1) is 0 Å². The molecule has 96 valence electrons. The van der Waals surface area contributed by atoms with E-state index < -0.39 is 0 Å². The number of carbonyl (C=O) groups is 1. The Balaban J connectivity index is 2.03. The van der Waals surface area contributed by atoms with Gasteiger partial charge in [0.25, 0.3) is 0 Å². The van der Waals surface area contributed by atoms with Gasteiger partial charge in [-0.15, -0.1) is 0 Å². The molecule has 0 saturated heterocycles. The van der Waals surface area contributed by atoms with Crippen LogP contribution >= 0.6 is 15.9 Å². The van der Waals surface area contributed by atoms with Crippen molar-refractivity contribution in [1.29, 1.82) is 0 Å². The van der Waals surface area contributed by atoms with Gasteiger partial charge in [0.15, 0.2) is 0 Å². The predicted molar refractivity (Wildman–Crippen MR) is 73.4 cm³/mol. The molecule has 0 radical (unpaired) electrons. The van der Waals surface area contributed by atoms with Crippen LogP contribution in [0.5, 0.6) is 0 Å². The highest BCUT2D eigenvalue weighted by atomic mass is 79.9. The van der Waals surface area contributed by atoms with Crippen LogP contribution in [-0.4, -0.2) is 10.8 Å². The molecule has 3 rings (SSSR count). The third-order valence-corrected chi connectivity index (χ3v) is 5.71. The Hall–Kier alpha value is -0.830. The van der Waals surface area contributed by atoms with E-state index in [0.717, 1.165) is 18.4 Å². The van der Waals surface area contributed by atoms with Gasteiger partial charge in [0.2, 0.25) is 0 Å². The lowest BCUT2D eigenvalue weighted by Gasteiger charge is -2.61. The van der Waals surface area contributed by atoms with Gasteiger partial charge in [-0.25, -0.2) is 0 Å². The highest BCUT2D eigenvalue weighted by Gasteiger charge is 2.65. The van der Waals surface area contributed by atoms with Crippen molar-refractivity contribution in [2.24, 2.45) is 11.8 Å². The van der Waals surface area contributed by atoms with Gasteiger partial charge < -0.3 is 4.74 Å². The maximum atomic E-state index is 11.5. The maximum absolute atomic E-state index is 11.5. The highest BCUT2D eigenvalue weighted by Crippen LogP contribution is 2.63. The quantitative estimate of drug-likeness (QED) is 0.616. The maximum Gasteiger partial charge on any atom is 0.303 e. The van der Waals surface area contributed by atoms with Gasteiger partial charge in [-0.05, 0) is 18.4 Å². The molecule has 2 saturated carbocycles. The van der Waals surface area contributed by atoms with Crippen molar-refractivity contribution in [1.82, 2.24) is 0 Å². The highest BCUT2D eigenvalue weighted by molar-refractivity contribution is 9.09. The van der Waals surface area contributed by atoms with Crippen molar-refractivity contribution in [3.8, 4) is 0 Å². The summed E-state index contributed by atoms with van der Waals surface area (Å²) in [6.07, 6.45) is 3.51. The van der Waals surface area contributed by atoms with Crippen molar-refractivity contribution in [2.75, 3.05) is 0 Å². The number of esters is 1. The fourth-order valence-corrected chi connectivity index (χ4v) is 5.10. The number of ether oxygens (including phenoxy) is 1. The molecule has 2 aliphatic carbocycles. The topological polar surface area (TPSA) is 26.3 Å². The number of rotatable bonds is 2. The summed E-state index contributed by atoms with van der Waals surface area (Å²) in [5.41, 5.74) is 0.782. The molecule has 0 heterocycles. The first-order valence-electron chi connectivity index (χ1n) is 6.55. The van der Waals surface area contributed by atoms with Crippen LogP contribution < -0.4 is 0 Å². The largest absolute Gasteiger partial charge is 0.454 e. The number of hydrogen-bond acceptors (Lipinski definition) is 2. The molecule has 4 atom stereocenters. The minimum atomic E-state index is -0.375. The van der Waals surface area contributed by atoms with E-state index in [-0.39, 0.29) is 11.6 Å². The summed E-state index contributed by atoms with van der Waals surface area (Å²) in [5, 5.41) is 0. The van der Waals surface area contributed by atoms with Crippen molar-refractivity contribution < 1.29 is 9.53 Å². The first-order valence-corrected chi connectivity index (χ1v) is 7.47. The molecular weight excluding hydrogens is 292 g/mol. The molecule has 1 aromatic rings. The zero-order valence-corrected chi connectivity index (χ0v) is 12.0. The fourth-order valence-electron chi connectivity index (χ4n) is 3.79. The van der Waals surface area contributed by atoms with Crippen LogP contribution in [0.3, 0.4) is 0 Å². The second kappa shape index (κ2) is 4.37. The summed E-state index contributed by atoms with van der Waals surface area (Å²) < 4.78 is 5.83. The smallest absolute Gasteiger partial charge is 0.303 e. The fraction of sp³-hybridized carbons (Fsp3) is 0.533. The molecule has 2 aliphatic rings. The normalized spacial score (nSPS) is 37.8. The van der Waals surface area contributed by atoms with E-state index >= 15 is 0 Å². The second-order valence-electron chi connectivity index (χ2n) is 5.34. The van der Waals surface area contributed by atoms with E-state index in [0.29, 0.717) is 16.7 Å². The van der Waals surface area contributed by atoms with E-state index in [9.17, 15) is 4.79 Å². The SMILES string of the molecule is CC(=O)OC1(c2ccccc2)[C@@H]2CCC[C@H]1C2Br. The van der Waals surface area contributed by atoms with Crippen molar-refractivity contribution >= 4 is 21.9 Å². The number of alkyl halides is 1. The van der Waals surface area contributed by atoms with Crippen LogP contribution in [0.25, 0.3) is 0 Å². The summed E-state index contributed by atoms with van der Waals surface area (Å²) in [7, 11) is 0. The Morgan fingerprint density at radius 3 is 2.39 bits per heavy atom. The Labute approximate surface area is 116 Å². The van der Waals surface area contributed by atoms with E-state index in [1.54, 1.807) is 0 Å². The average Bonchev–Trinajstić information content (AvgIpc) is 2.39. The molecule has 0 spiro atoms. The lowest BCUT2D eigenvalue weighted by molar-refractivity contribution is -0.215. The van der Waals surface area contributed by atoms with Gasteiger partial charge in [0, 0.05) is 23.6 Å². The second-order valence-corrected chi connectivity index (χ2v) is 6.40.